The first kappa shape index (κ1) is 16.9. The number of fused-ring (bicyclic) bond motifs is 1. The number of amides is 1. The van der Waals surface area contributed by atoms with Gasteiger partial charge >= 0.3 is 0 Å². The third-order valence-electron chi connectivity index (χ3n) is 4.17. The number of carbonyl (C=O) groups excluding carboxylic acids is 1. The lowest BCUT2D eigenvalue weighted by atomic mass is 10.1. The molecule has 3 aromatic rings. The number of hydrogen-bond acceptors (Lipinski definition) is 3. The number of benzene rings is 2. The minimum Gasteiger partial charge on any atom is -0.378 e. The monoisotopic (exact) mass is 337 g/mol. The van der Waals surface area contributed by atoms with Crippen LogP contribution >= 0.6 is 0 Å². The SMILES string of the molecule is CC(NC(=O)c1cc(F)cc2cccnc12)c1ccc(N(C)C)cc1. The van der Waals surface area contributed by atoms with Crippen molar-refractivity contribution < 1.29 is 9.18 Å². The van der Waals surface area contributed by atoms with Crippen molar-refractivity contribution in [2.75, 3.05) is 19.0 Å². The van der Waals surface area contributed by atoms with Crippen LogP contribution in [0.1, 0.15) is 28.9 Å². The number of nitrogens with one attached hydrogen (secondary N) is 1. The molecule has 0 aliphatic heterocycles. The standard InChI is InChI=1S/C20H20FN3O/c1-13(14-6-8-17(9-7-14)24(2)3)23-20(25)18-12-16(21)11-15-5-4-10-22-19(15)18/h4-13H,1-3H3,(H,23,25). The predicted molar refractivity (Wildman–Crippen MR) is 98.4 cm³/mol. The molecule has 0 fully saturated rings. The Morgan fingerprint density at radius 2 is 1.88 bits per heavy atom. The Bertz CT molecular complexity index is 906. The molecule has 0 aliphatic rings. The Hall–Kier alpha value is -2.95. The van der Waals surface area contributed by atoms with Crippen LogP contribution in [0.25, 0.3) is 10.9 Å². The fraction of sp³-hybridized carbons (Fsp3) is 0.200. The first-order chi connectivity index (χ1) is 12.0. The van der Waals surface area contributed by atoms with Gasteiger partial charge in [0.1, 0.15) is 5.82 Å². The van der Waals surface area contributed by atoms with E-state index < -0.39 is 5.82 Å². The second kappa shape index (κ2) is 6.89. The normalized spacial score (nSPS) is 12.0. The van der Waals surface area contributed by atoms with Crippen molar-refractivity contribution in [3.63, 3.8) is 0 Å². The second-order valence-corrected chi connectivity index (χ2v) is 6.21. The molecule has 0 bridgehead atoms. The molecule has 1 N–H and O–H groups in total. The zero-order valence-electron chi connectivity index (χ0n) is 14.5. The number of pyridine rings is 1. The van der Waals surface area contributed by atoms with E-state index in [0.29, 0.717) is 10.9 Å². The maximum absolute atomic E-state index is 13.8. The first-order valence-corrected chi connectivity index (χ1v) is 8.08. The molecule has 5 heteroatoms. The summed E-state index contributed by atoms with van der Waals surface area (Å²) in [5.41, 5.74) is 2.80. The summed E-state index contributed by atoms with van der Waals surface area (Å²) in [5.74, 6) is -0.791. The third kappa shape index (κ3) is 3.60. The van der Waals surface area contributed by atoms with Crippen LogP contribution in [-0.4, -0.2) is 25.0 Å². The van der Waals surface area contributed by atoms with E-state index in [1.165, 1.54) is 12.1 Å². The van der Waals surface area contributed by atoms with Gasteiger partial charge in [-0.2, -0.15) is 0 Å². The number of halogens is 1. The summed E-state index contributed by atoms with van der Waals surface area (Å²) in [6.07, 6.45) is 1.60. The Balaban J connectivity index is 1.84. The molecule has 1 atom stereocenters. The van der Waals surface area contributed by atoms with Crippen LogP contribution in [0, 0.1) is 5.82 Å². The van der Waals surface area contributed by atoms with Crippen LogP contribution in [0.2, 0.25) is 0 Å². The van der Waals surface area contributed by atoms with Gasteiger partial charge in [0.15, 0.2) is 0 Å². The lowest BCUT2D eigenvalue weighted by Gasteiger charge is -2.17. The van der Waals surface area contributed by atoms with E-state index in [9.17, 15) is 9.18 Å². The number of hydrogen-bond donors (Lipinski definition) is 1. The summed E-state index contributed by atoms with van der Waals surface area (Å²) >= 11 is 0. The molecule has 0 saturated carbocycles. The van der Waals surface area contributed by atoms with Crippen molar-refractivity contribution >= 4 is 22.5 Å². The van der Waals surface area contributed by atoms with E-state index in [1.54, 1.807) is 18.3 Å². The van der Waals surface area contributed by atoms with Gasteiger partial charge in [-0.3, -0.25) is 9.78 Å². The van der Waals surface area contributed by atoms with Crippen molar-refractivity contribution in [2.24, 2.45) is 0 Å². The van der Waals surface area contributed by atoms with E-state index in [1.807, 2.05) is 50.2 Å². The van der Waals surface area contributed by atoms with Gasteiger partial charge < -0.3 is 10.2 Å². The fourth-order valence-corrected chi connectivity index (χ4v) is 2.75. The average molecular weight is 337 g/mol. The van der Waals surface area contributed by atoms with Crippen molar-refractivity contribution in [2.45, 2.75) is 13.0 Å². The molecule has 128 valence electrons. The molecule has 1 amide bonds. The molecule has 1 unspecified atom stereocenters. The molecule has 1 heterocycles. The maximum Gasteiger partial charge on any atom is 0.254 e. The lowest BCUT2D eigenvalue weighted by molar-refractivity contribution is 0.0941. The summed E-state index contributed by atoms with van der Waals surface area (Å²) in [4.78, 5) is 18.9. The van der Waals surface area contributed by atoms with Gasteiger partial charge in [-0.15, -0.1) is 0 Å². The minimum atomic E-state index is -0.450. The summed E-state index contributed by atoms with van der Waals surface area (Å²) in [5, 5.41) is 3.53. The Morgan fingerprint density at radius 1 is 1.16 bits per heavy atom. The maximum atomic E-state index is 13.8. The zero-order valence-corrected chi connectivity index (χ0v) is 14.5. The molecule has 3 rings (SSSR count). The van der Waals surface area contributed by atoms with E-state index in [4.69, 9.17) is 0 Å². The fourth-order valence-electron chi connectivity index (χ4n) is 2.75. The Labute approximate surface area is 146 Å². The van der Waals surface area contributed by atoms with Crippen LogP contribution in [0.4, 0.5) is 10.1 Å². The number of nitrogens with zero attached hydrogens (tertiary/aromatic N) is 2. The molecule has 0 saturated heterocycles. The van der Waals surface area contributed by atoms with Gasteiger partial charge in [0.2, 0.25) is 0 Å². The largest absolute Gasteiger partial charge is 0.378 e. The summed E-state index contributed by atoms with van der Waals surface area (Å²) in [7, 11) is 3.95. The topological polar surface area (TPSA) is 45.2 Å². The first-order valence-electron chi connectivity index (χ1n) is 8.08. The van der Waals surface area contributed by atoms with Crippen molar-refractivity contribution in [3.8, 4) is 0 Å². The van der Waals surface area contributed by atoms with Crippen molar-refractivity contribution in [1.29, 1.82) is 0 Å². The highest BCUT2D eigenvalue weighted by atomic mass is 19.1. The van der Waals surface area contributed by atoms with E-state index in [2.05, 4.69) is 10.3 Å². The highest BCUT2D eigenvalue weighted by Crippen LogP contribution is 2.21. The summed E-state index contributed by atoms with van der Waals surface area (Å²) in [6.45, 7) is 1.90. The van der Waals surface area contributed by atoms with E-state index in [-0.39, 0.29) is 17.5 Å². The molecule has 25 heavy (non-hydrogen) atoms. The average Bonchev–Trinajstić information content (AvgIpc) is 2.60. The Morgan fingerprint density at radius 3 is 2.56 bits per heavy atom. The van der Waals surface area contributed by atoms with Gasteiger partial charge in [0, 0.05) is 31.4 Å². The van der Waals surface area contributed by atoms with E-state index >= 15 is 0 Å². The molecular formula is C20H20FN3O. The van der Waals surface area contributed by atoms with Crippen LogP contribution in [0.15, 0.2) is 54.7 Å². The molecule has 1 aromatic heterocycles. The Kier molecular flexibility index (Phi) is 4.65. The van der Waals surface area contributed by atoms with Gasteiger partial charge in [0.25, 0.3) is 5.91 Å². The third-order valence-corrected chi connectivity index (χ3v) is 4.17. The van der Waals surface area contributed by atoms with Crippen LogP contribution in [0.3, 0.4) is 0 Å². The quantitative estimate of drug-likeness (QED) is 0.784. The molecule has 0 spiro atoms. The second-order valence-electron chi connectivity index (χ2n) is 6.21. The molecule has 0 aliphatic carbocycles. The number of rotatable bonds is 4. The van der Waals surface area contributed by atoms with Crippen LogP contribution in [-0.2, 0) is 0 Å². The van der Waals surface area contributed by atoms with Gasteiger partial charge in [0.05, 0.1) is 17.1 Å². The van der Waals surface area contributed by atoms with Gasteiger partial charge in [-0.1, -0.05) is 18.2 Å². The molecule has 4 nitrogen and oxygen atoms in total. The number of carbonyl (C=O) groups is 1. The van der Waals surface area contributed by atoms with Gasteiger partial charge in [-0.25, -0.2) is 4.39 Å². The van der Waals surface area contributed by atoms with Crippen LogP contribution < -0.4 is 10.2 Å². The van der Waals surface area contributed by atoms with Gasteiger partial charge in [-0.05, 0) is 42.8 Å². The lowest BCUT2D eigenvalue weighted by Crippen LogP contribution is -2.27. The highest BCUT2D eigenvalue weighted by molar-refractivity contribution is 6.05. The highest BCUT2D eigenvalue weighted by Gasteiger charge is 2.16. The van der Waals surface area contributed by atoms with Crippen LogP contribution in [0.5, 0.6) is 0 Å². The molecular weight excluding hydrogens is 317 g/mol. The minimum absolute atomic E-state index is 0.203. The van der Waals surface area contributed by atoms with Crippen molar-refractivity contribution in [1.82, 2.24) is 10.3 Å². The smallest absolute Gasteiger partial charge is 0.254 e. The number of aromatic nitrogens is 1. The van der Waals surface area contributed by atoms with E-state index in [0.717, 1.165) is 11.3 Å². The molecule has 0 radical (unpaired) electrons. The predicted octanol–water partition coefficient (Wildman–Crippen LogP) is 3.93. The molecule has 2 aromatic carbocycles. The summed E-state index contributed by atoms with van der Waals surface area (Å²) < 4.78 is 13.8. The number of anilines is 1. The van der Waals surface area contributed by atoms with Crippen molar-refractivity contribution in [3.05, 3.63) is 71.7 Å². The summed E-state index contributed by atoms with van der Waals surface area (Å²) in [6, 6.07) is 13.8. The zero-order chi connectivity index (χ0) is 18.0.